The van der Waals surface area contributed by atoms with Gasteiger partial charge in [-0.2, -0.15) is 0 Å². The number of aromatic hydroxyl groups is 1. The summed E-state index contributed by atoms with van der Waals surface area (Å²) in [6, 6.07) is 8.69. The molecular formula is C20H26ClNO4. The van der Waals surface area contributed by atoms with Crippen molar-refractivity contribution < 1.29 is 19.4 Å². The zero-order valence-corrected chi connectivity index (χ0v) is 15.9. The lowest BCUT2D eigenvalue weighted by molar-refractivity contribution is 0.0521. The van der Waals surface area contributed by atoms with Gasteiger partial charge in [0.25, 0.3) is 0 Å². The highest BCUT2D eigenvalue weighted by molar-refractivity contribution is 6.00. The number of likely N-dealkylation sites (tertiary alicyclic amines) is 1. The number of carbonyl (C=O) groups excluding carboxylic acids is 1. The summed E-state index contributed by atoms with van der Waals surface area (Å²) in [6.45, 7) is 5.64. The predicted octanol–water partition coefficient (Wildman–Crippen LogP) is 4.01. The lowest BCUT2D eigenvalue weighted by Gasteiger charge is -2.26. The number of piperidine rings is 1. The van der Waals surface area contributed by atoms with E-state index in [1.165, 1.54) is 19.3 Å². The summed E-state index contributed by atoms with van der Waals surface area (Å²) >= 11 is 0. The molecule has 6 heteroatoms. The molecule has 5 nitrogen and oxygen atoms in total. The molecular weight excluding hydrogens is 354 g/mol. The number of halogens is 1. The maximum absolute atomic E-state index is 12.3. The van der Waals surface area contributed by atoms with Crippen molar-refractivity contribution in [2.45, 2.75) is 26.2 Å². The van der Waals surface area contributed by atoms with Crippen molar-refractivity contribution in [2.24, 2.45) is 0 Å². The van der Waals surface area contributed by atoms with Crippen molar-refractivity contribution >= 4 is 29.1 Å². The maximum atomic E-state index is 12.3. The normalized spacial score (nSPS) is 14.7. The van der Waals surface area contributed by atoms with Gasteiger partial charge in [-0.15, -0.1) is 12.4 Å². The number of esters is 1. The average molecular weight is 380 g/mol. The highest BCUT2D eigenvalue weighted by atomic mass is 35.5. The fraction of sp³-hybridized carbons (Fsp3) is 0.450. The van der Waals surface area contributed by atoms with Crippen LogP contribution in [0.2, 0.25) is 0 Å². The van der Waals surface area contributed by atoms with E-state index in [4.69, 9.17) is 9.47 Å². The number of hydrogen-bond donors (Lipinski definition) is 1. The first kappa shape index (κ1) is 20.3. The van der Waals surface area contributed by atoms with Gasteiger partial charge in [0.15, 0.2) is 0 Å². The van der Waals surface area contributed by atoms with E-state index in [1.54, 1.807) is 31.2 Å². The molecule has 0 aromatic heterocycles. The Morgan fingerprint density at radius 3 is 2.69 bits per heavy atom. The van der Waals surface area contributed by atoms with Crippen LogP contribution in [0, 0.1) is 0 Å². The number of nitrogens with zero attached hydrogens (tertiary/aromatic N) is 1. The van der Waals surface area contributed by atoms with Crippen molar-refractivity contribution in [3.05, 3.63) is 35.9 Å². The van der Waals surface area contributed by atoms with Gasteiger partial charge in [-0.25, -0.2) is 4.79 Å². The second-order valence-electron chi connectivity index (χ2n) is 6.32. The van der Waals surface area contributed by atoms with E-state index in [9.17, 15) is 9.90 Å². The highest BCUT2D eigenvalue weighted by Crippen LogP contribution is 2.32. The molecule has 142 valence electrons. The van der Waals surface area contributed by atoms with Gasteiger partial charge in [0.2, 0.25) is 0 Å². The Labute approximate surface area is 160 Å². The molecule has 0 amide bonds. The molecule has 1 saturated heterocycles. The van der Waals surface area contributed by atoms with Gasteiger partial charge in [-0.05, 0) is 56.4 Å². The van der Waals surface area contributed by atoms with Gasteiger partial charge in [0.05, 0.1) is 6.61 Å². The summed E-state index contributed by atoms with van der Waals surface area (Å²) in [7, 11) is 0. The topological polar surface area (TPSA) is 59.0 Å². The Morgan fingerprint density at radius 1 is 1.19 bits per heavy atom. The number of phenols is 1. The van der Waals surface area contributed by atoms with Crippen molar-refractivity contribution in [3.63, 3.8) is 0 Å². The quantitative estimate of drug-likeness (QED) is 0.768. The number of hydrogen-bond acceptors (Lipinski definition) is 5. The molecule has 1 aliphatic heterocycles. The lowest BCUT2D eigenvalue weighted by Crippen LogP contribution is -2.33. The van der Waals surface area contributed by atoms with Crippen LogP contribution in [-0.4, -0.2) is 48.8 Å². The molecule has 1 aliphatic rings. The largest absolute Gasteiger partial charge is 0.507 e. The second-order valence-corrected chi connectivity index (χ2v) is 6.32. The maximum Gasteiger partial charge on any atom is 0.341 e. The Hall–Kier alpha value is -1.98. The molecule has 0 saturated carbocycles. The van der Waals surface area contributed by atoms with Crippen LogP contribution in [0.1, 0.15) is 36.5 Å². The van der Waals surface area contributed by atoms with Crippen LogP contribution in [0.15, 0.2) is 30.3 Å². The van der Waals surface area contributed by atoms with Gasteiger partial charge < -0.3 is 14.6 Å². The number of carbonyl (C=O) groups is 1. The molecule has 2 aromatic carbocycles. The monoisotopic (exact) mass is 379 g/mol. The van der Waals surface area contributed by atoms with Crippen LogP contribution in [0.3, 0.4) is 0 Å². The summed E-state index contributed by atoms with van der Waals surface area (Å²) in [5.74, 6) is 0.235. The van der Waals surface area contributed by atoms with E-state index >= 15 is 0 Å². The summed E-state index contributed by atoms with van der Waals surface area (Å²) in [6.07, 6.45) is 3.77. The molecule has 1 heterocycles. The number of rotatable bonds is 6. The molecule has 1 fully saturated rings. The Morgan fingerprint density at radius 2 is 1.96 bits per heavy atom. The summed E-state index contributed by atoms with van der Waals surface area (Å²) in [5.41, 5.74) is 0.401. The van der Waals surface area contributed by atoms with Gasteiger partial charge >= 0.3 is 5.97 Å². The smallest absolute Gasteiger partial charge is 0.341 e. The third-order valence-corrected chi connectivity index (χ3v) is 4.57. The van der Waals surface area contributed by atoms with Crippen LogP contribution in [0.25, 0.3) is 10.8 Å². The van der Waals surface area contributed by atoms with E-state index < -0.39 is 5.97 Å². The van der Waals surface area contributed by atoms with E-state index in [0.717, 1.165) is 25.0 Å². The van der Waals surface area contributed by atoms with Crippen molar-refractivity contribution in [1.29, 1.82) is 0 Å². The SMILES string of the molecule is CCOC(=O)c1cc2cccc(O)c2cc1OCCN1CCCCC1.Cl. The van der Waals surface area contributed by atoms with Gasteiger partial charge in [0.1, 0.15) is 23.7 Å². The Balaban J connectivity index is 0.00000243. The highest BCUT2D eigenvalue weighted by Gasteiger charge is 2.17. The van der Waals surface area contributed by atoms with E-state index in [2.05, 4.69) is 4.90 Å². The fourth-order valence-corrected chi connectivity index (χ4v) is 3.24. The standard InChI is InChI=1S/C20H25NO4.ClH/c1-2-24-20(23)17-13-15-7-6-8-18(22)16(15)14-19(17)25-12-11-21-9-4-3-5-10-21;/h6-8,13-14,22H,2-5,9-12H2,1H3;1H. The predicted molar refractivity (Wildman–Crippen MR) is 105 cm³/mol. The van der Waals surface area contributed by atoms with Crippen molar-refractivity contribution in [3.8, 4) is 11.5 Å². The van der Waals surface area contributed by atoms with Crippen LogP contribution >= 0.6 is 12.4 Å². The molecule has 2 aromatic rings. The summed E-state index contributed by atoms with van der Waals surface area (Å²) in [4.78, 5) is 14.7. The number of benzene rings is 2. The minimum Gasteiger partial charge on any atom is -0.507 e. The van der Waals surface area contributed by atoms with Crippen LogP contribution in [0.4, 0.5) is 0 Å². The fourth-order valence-electron chi connectivity index (χ4n) is 3.24. The number of phenolic OH excluding ortho intramolecular Hbond substituents is 1. The zero-order valence-electron chi connectivity index (χ0n) is 15.1. The second kappa shape index (κ2) is 9.64. The van der Waals surface area contributed by atoms with Crippen LogP contribution in [0.5, 0.6) is 11.5 Å². The molecule has 3 rings (SSSR count). The third-order valence-electron chi connectivity index (χ3n) is 4.57. The van der Waals surface area contributed by atoms with Crippen LogP contribution in [-0.2, 0) is 4.74 Å². The molecule has 0 aliphatic carbocycles. The van der Waals surface area contributed by atoms with Crippen LogP contribution < -0.4 is 4.74 Å². The van der Waals surface area contributed by atoms with Gasteiger partial charge in [-0.3, -0.25) is 4.90 Å². The minimum absolute atomic E-state index is 0. The van der Waals surface area contributed by atoms with E-state index in [0.29, 0.717) is 29.9 Å². The first-order valence-corrected chi connectivity index (χ1v) is 8.97. The summed E-state index contributed by atoms with van der Waals surface area (Å²) in [5, 5.41) is 11.5. The molecule has 0 atom stereocenters. The first-order chi connectivity index (χ1) is 12.2. The molecule has 0 radical (unpaired) electrons. The van der Waals surface area contributed by atoms with Gasteiger partial charge in [0, 0.05) is 11.9 Å². The van der Waals surface area contributed by atoms with E-state index in [-0.39, 0.29) is 18.2 Å². The lowest BCUT2D eigenvalue weighted by atomic mass is 10.0. The summed E-state index contributed by atoms with van der Waals surface area (Å²) < 4.78 is 11.1. The first-order valence-electron chi connectivity index (χ1n) is 8.97. The molecule has 1 N–H and O–H groups in total. The molecule has 0 spiro atoms. The van der Waals surface area contributed by atoms with Crippen molar-refractivity contribution in [1.82, 2.24) is 4.90 Å². The Bertz CT molecular complexity index is 744. The molecule has 0 unspecified atom stereocenters. The zero-order chi connectivity index (χ0) is 17.6. The van der Waals surface area contributed by atoms with Crippen molar-refractivity contribution in [2.75, 3.05) is 32.8 Å². The van der Waals surface area contributed by atoms with E-state index in [1.807, 2.05) is 6.07 Å². The Kier molecular flexibility index (Phi) is 7.54. The molecule has 0 bridgehead atoms. The number of fused-ring (bicyclic) bond motifs is 1. The number of ether oxygens (including phenoxy) is 2. The third kappa shape index (κ3) is 4.80. The van der Waals surface area contributed by atoms with Gasteiger partial charge in [-0.1, -0.05) is 18.6 Å². The molecule has 26 heavy (non-hydrogen) atoms. The minimum atomic E-state index is -0.402. The average Bonchev–Trinajstić information content (AvgIpc) is 2.63.